The molecule has 0 spiro atoms. The van der Waals surface area contributed by atoms with Crippen molar-refractivity contribution in [2.45, 2.75) is 33.1 Å². The molecule has 0 saturated carbocycles. The second kappa shape index (κ2) is 8.74. The first-order valence-corrected chi connectivity index (χ1v) is 9.69. The highest BCUT2D eigenvalue weighted by molar-refractivity contribution is 6.04. The molecule has 28 heavy (non-hydrogen) atoms. The van der Waals surface area contributed by atoms with Gasteiger partial charge in [-0.05, 0) is 68.5 Å². The van der Waals surface area contributed by atoms with Crippen LogP contribution >= 0.6 is 0 Å². The van der Waals surface area contributed by atoms with Gasteiger partial charge in [0.15, 0.2) is 0 Å². The number of carbonyl (C=O) groups excluding carboxylic acids is 2. The van der Waals surface area contributed by atoms with Crippen LogP contribution in [0.3, 0.4) is 0 Å². The van der Waals surface area contributed by atoms with Crippen molar-refractivity contribution in [3.8, 4) is 0 Å². The normalized spacial score (nSPS) is 14.3. The van der Waals surface area contributed by atoms with E-state index in [1.54, 1.807) is 12.1 Å². The molecule has 146 valence electrons. The maximum atomic E-state index is 12.4. The lowest BCUT2D eigenvalue weighted by Gasteiger charge is -2.30. The largest absolute Gasteiger partial charge is 0.371 e. The Morgan fingerprint density at radius 3 is 2.46 bits per heavy atom. The van der Waals surface area contributed by atoms with Gasteiger partial charge < -0.3 is 16.0 Å². The third-order valence-electron chi connectivity index (χ3n) is 5.07. The van der Waals surface area contributed by atoms with Gasteiger partial charge in [0.05, 0.1) is 11.3 Å². The van der Waals surface area contributed by atoms with Crippen LogP contribution in [-0.2, 0) is 4.79 Å². The molecule has 2 aromatic carbocycles. The summed E-state index contributed by atoms with van der Waals surface area (Å²) in [6.45, 7) is 5.86. The lowest BCUT2D eigenvalue weighted by molar-refractivity contribution is -0.111. The number of piperidine rings is 1. The maximum absolute atomic E-state index is 12.4. The Balaban J connectivity index is 1.76. The van der Waals surface area contributed by atoms with E-state index in [1.807, 2.05) is 38.1 Å². The highest BCUT2D eigenvalue weighted by atomic mass is 16.1. The summed E-state index contributed by atoms with van der Waals surface area (Å²) in [5, 5.41) is 2.88. The predicted octanol–water partition coefficient (Wildman–Crippen LogP) is 4.04. The second-order valence-corrected chi connectivity index (χ2v) is 7.33. The van der Waals surface area contributed by atoms with Crippen molar-refractivity contribution in [1.29, 1.82) is 0 Å². The zero-order valence-corrected chi connectivity index (χ0v) is 16.5. The first kappa shape index (κ1) is 19.7. The third kappa shape index (κ3) is 4.80. The van der Waals surface area contributed by atoms with Crippen LogP contribution in [0.15, 0.2) is 42.5 Å². The molecule has 0 unspecified atom stereocenters. The van der Waals surface area contributed by atoms with Crippen LogP contribution in [0.4, 0.5) is 11.4 Å². The average molecular weight is 377 g/mol. The van der Waals surface area contributed by atoms with Gasteiger partial charge >= 0.3 is 0 Å². The minimum absolute atomic E-state index is 0.212. The lowest BCUT2D eigenvalue weighted by Crippen LogP contribution is -2.31. The third-order valence-corrected chi connectivity index (χ3v) is 5.07. The lowest BCUT2D eigenvalue weighted by atomic mass is 10.1. The molecule has 0 bridgehead atoms. The minimum atomic E-state index is -0.451. The van der Waals surface area contributed by atoms with Gasteiger partial charge in [-0.3, -0.25) is 9.59 Å². The number of nitrogens with zero attached hydrogens (tertiary/aromatic N) is 1. The molecule has 2 aromatic rings. The van der Waals surface area contributed by atoms with E-state index < -0.39 is 5.91 Å². The van der Waals surface area contributed by atoms with Crippen molar-refractivity contribution in [2.75, 3.05) is 23.3 Å². The fraction of sp³-hybridized carbons (Fsp3) is 0.304. The minimum Gasteiger partial charge on any atom is -0.371 e. The van der Waals surface area contributed by atoms with E-state index in [4.69, 9.17) is 5.73 Å². The van der Waals surface area contributed by atoms with Crippen LogP contribution in [0.1, 0.15) is 46.3 Å². The molecule has 0 aromatic heterocycles. The molecular weight excluding hydrogens is 350 g/mol. The van der Waals surface area contributed by atoms with Crippen LogP contribution in [0, 0.1) is 13.8 Å². The summed E-state index contributed by atoms with van der Waals surface area (Å²) < 4.78 is 0. The van der Waals surface area contributed by atoms with Crippen molar-refractivity contribution in [1.82, 2.24) is 0 Å². The van der Waals surface area contributed by atoms with Gasteiger partial charge in [-0.25, -0.2) is 0 Å². The molecule has 3 rings (SSSR count). The molecule has 2 amide bonds. The number of primary amides is 1. The van der Waals surface area contributed by atoms with Crippen molar-refractivity contribution in [3.63, 3.8) is 0 Å². The van der Waals surface area contributed by atoms with Crippen molar-refractivity contribution >= 4 is 29.3 Å². The standard InChI is InChI=1S/C23H27N3O2/c1-16-6-7-18(17(2)14-16)8-11-22(27)25-19-9-10-20(23(24)28)21(15-19)26-12-4-3-5-13-26/h6-11,14-15H,3-5,12-13H2,1-2H3,(H2,24,28)(H,25,27)/b11-8+. The summed E-state index contributed by atoms with van der Waals surface area (Å²) in [6, 6.07) is 11.4. The molecule has 1 heterocycles. The summed E-state index contributed by atoms with van der Waals surface area (Å²) >= 11 is 0. The van der Waals surface area contributed by atoms with Crippen molar-refractivity contribution in [3.05, 3.63) is 64.7 Å². The number of hydrogen-bond acceptors (Lipinski definition) is 3. The van der Waals surface area contributed by atoms with Crippen LogP contribution in [-0.4, -0.2) is 24.9 Å². The summed E-state index contributed by atoms with van der Waals surface area (Å²) in [7, 11) is 0. The Morgan fingerprint density at radius 1 is 1.04 bits per heavy atom. The summed E-state index contributed by atoms with van der Waals surface area (Å²) in [5.41, 5.74) is 10.8. The Morgan fingerprint density at radius 2 is 1.79 bits per heavy atom. The molecule has 0 atom stereocenters. The van der Waals surface area contributed by atoms with Gasteiger partial charge in [0.2, 0.25) is 5.91 Å². The van der Waals surface area contributed by atoms with Crippen LogP contribution in [0.2, 0.25) is 0 Å². The SMILES string of the molecule is Cc1ccc(/C=C/C(=O)Nc2ccc(C(N)=O)c(N3CCCCC3)c2)c(C)c1. The van der Waals surface area contributed by atoms with E-state index in [9.17, 15) is 9.59 Å². The molecule has 0 radical (unpaired) electrons. The number of nitrogens with two attached hydrogens (primary N) is 1. The molecule has 1 fully saturated rings. The highest BCUT2D eigenvalue weighted by Gasteiger charge is 2.18. The van der Waals surface area contributed by atoms with Crippen LogP contribution in [0.5, 0.6) is 0 Å². The zero-order valence-electron chi connectivity index (χ0n) is 16.5. The fourth-order valence-corrected chi connectivity index (χ4v) is 3.58. The summed E-state index contributed by atoms with van der Waals surface area (Å²) in [5.74, 6) is -0.662. The number of benzene rings is 2. The average Bonchev–Trinajstić information content (AvgIpc) is 2.68. The molecule has 1 aliphatic heterocycles. The predicted molar refractivity (Wildman–Crippen MR) is 115 cm³/mol. The monoisotopic (exact) mass is 377 g/mol. The Kier molecular flexibility index (Phi) is 6.14. The molecule has 5 nitrogen and oxygen atoms in total. The van der Waals surface area contributed by atoms with E-state index in [0.717, 1.165) is 42.7 Å². The van der Waals surface area contributed by atoms with Crippen molar-refractivity contribution < 1.29 is 9.59 Å². The number of carbonyl (C=O) groups is 2. The fourth-order valence-electron chi connectivity index (χ4n) is 3.58. The zero-order chi connectivity index (χ0) is 20.1. The van der Waals surface area contributed by atoms with E-state index >= 15 is 0 Å². The van der Waals surface area contributed by atoms with Crippen molar-refractivity contribution in [2.24, 2.45) is 5.73 Å². The van der Waals surface area contributed by atoms with E-state index in [0.29, 0.717) is 11.3 Å². The van der Waals surface area contributed by atoms with E-state index in [-0.39, 0.29) is 5.91 Å². The summed E-state index contributed by atoms with van der Waals surface area (Å²) in [6.07, 6.45) is 6.72. The Bertz CT molecular complexity index is 912. The number of nitrogens with one attached hydrogen (secondary N) is 1. The highest BCUT2D eigenvalue weighted by Crippen LogP contribution is 2.27. The van der Waals surface area contributed by atoms with Gasteiger partial charge in [0.25, 0.3) is 5.91 Å². The molecular formula is C23H27N3O2. The van der Waals surface area contributed by atoms with Gasteiger partial charge in [0.1, 0.15) is 0 Å². The number of aryl methyl sites for hydroxylation is 2. The summed E-state index contributed by atoms with van der Waals surface area (Å²) in [4.78, 5) is 26.3. The molecule has 1 saturated heterocycles. The van der Waals surface area contributed by atoms with Crippen LogP contribution < -0.4 is 16.0 Å². The van der Waals surface area contributed by atoms with Gasteiger partial charge in [-0.1, -0.05) is 23.8 Å². The molecule has 1 aliphatic rings. The smallest absolute Gasteiger partial charge is 0.250 e. The van der Waals surface area contributed by atoms with Gasteiger partial charge in [0, 0.05) is 24.9 Å². The first-order chi connectivity index (χ1) is 13.4. The maximum Gasteiger partial charge on any atom is 0.250 e. The Labute approximate surface area is 166 Å². The number of amides is 2. The molecule has 0 aliphatic carbocycles. The molecule has 5 heteroatoms. The topological polar surface area (TPSA) is 75.4 Å². The Hall–Kier alpha value is -3.08. The number of hydrogen-bond donors (Lipinski definition) is 2. The first-order valence-electron chi connectivity index (χ1n) is 9.69. The van der Waals surface area contributed by atoms with E-state index in [2.05, 4.69) is 16.3 Å². The van der Waals surface area contributed by atoms with E-state index in [1.165, 1.54) is 18.1 Å². The second-order valence-electron chi connectivity index (χ2n) is 7.33. The van der Waals surface area contributed by atoms with Gasteiger partial charge in [-0.2, -0.15) is 0 Å². The number of anilines is 2. The van der Waals surface area contributed by atoms with Gasteiger partial charge in [-0.15, -0.1) is 0 Å². The quantitative estimate of drug-likeness (QED) is 0.772. The number of rotatable bonds is 5. The molecule has 3 N–H and O–H groups in total. The van der Waals surface area contributed by atoms with Crippen LogP contribution in [0.25, 0.3) is 6.08 Å².